The van der Waals surface area contributed by atoms with Crippen molar-refractivity contribution in [3.8, 4) is 5.75 Å². The summed E-state index contributed by atoms with van der Waals surface area (Å²) in [5.41, 5.74) is -0.0722. The summed E-state index contributed by atoms with van der Waals surface area (Å²) in [5, 5.41) is 5.17. The van der Waals surface area contributed by atoms with Crippen molar-refractivity contribution in [1.29, 1.82) is 0 Å². The van der Waals surface area contributed by atoms with E-state index in [2.05, 4.69) is 10.6 Å². The van der Waals surface area contributed by atoms with Crippen LogP contribution in [0.4, 0.5) is 16.2 Å². The summed E-state index contributed by atoms with van der Waals surface area (Å²) < 4.78 is 36.8. The van der Waals surface area contributed by atoms with Crippen LogP contribution < -0.4 is 15.4 Å². The number of halogens is 1. The van der Waals surface area contributed by atoms with Crippen molar-refractivity contribution in [1.82, 2.24) is 4.31 Å². The number of carbonyl (C=O) groups excluding carboxylic acids is 2. The maximum Gasteiger partial charge on any atom is 0.412 e. The van der Waals surface area contributed by atoms with Crippen molar-refractivity contribution in [3.05, 3.63) is 34.7 Å². The molecule has 9 nitrogen and oxygen atoms in total. The molecule has 1 aromatic carbocycles. The van der Waals surface area contributed by atoms with Crippen molar-refractivity contribution >= 4 is 56.3 Å². The number of anilines is 2. The summed E-state index contributed by atoms with van der Waals surface area (Å²) in [4.78, 5) is 24.5. The largest absolute Gasteiger partial charge is 0.495 e. The molecule has 12 heteroatoms. The van der Waals surface area contributed by atoms with E-state index in [0.29, 0.717) is 15.8 Å². The van der Waals surface area contributed by atoms with Gasteiger partial charge in [-0.15, -0.1) is 11.3 Å². The van der Waals surface area contributed by atoms with E-state index < -0.39 is 34.2 Å². The first-order valence-corrected chi connectivity index (χ1v) is 11.6. The first kappa shape index (κ1) is 24.9. The van der Waals surface area contributed by atoms with E-state index in [4.69, 9.17) is 21.1 Å². The molecule has 2 N–H and O–H groups in total. The molecule has 0 aliphatic rings. The van der Waals surface area contributed by atoms with E-state index in [1.165, 1.54) is 32.4 Å². The van der Waals surface area contributed by atoms with Gasteiger partial charge >= 0.3 is 6.09 Å². The third-order valence-corrected chi connectivity index (χ3v) is 7.20. The average Bonchev–Trinajstić information content (AvgIpc) is 3.07. The van der Waals surface area contributed by atoms with Crippen molar-refractivity contribution in [2.45, 2.75) is 30.6 Å². The average molecular weight is 490 g/mol. The van der Waals surface area contributed by atoms with Crippen LogP contribution >= 0.6 is 22.9 Å². The molecule has 0 saturated carbocycles. The predicted molar refractivity (Wildman–Crippen MR) is 121 cm³/mol. The topological polar surface area (TPSA) is 114 Å². The van der Waals surface area contributed by atoms with Crippen LogP contribution in [0.3, 0.4) is 0 Å². The quantitative estimate of drug-likeness (QED) is 0.607. The molecule has 1 aromatic heterocycles. The van der Waals surface area contributed by atoms with Crippen LogP contribution in [0.15, 0.2) is 34.5 Å². The number of nitrogens with zero attached hydrogens (tertiary/aromatic N) is 1. The number of hydrogen-bond acceptors (Lipinski definition) is 7. The van der Waals surface area contributed by atoms with Gasteiger partial charge in [0.2, 0.25) is 5.91 Å². The number of hydrogen-bond donors (Lipinski definition) is 2. The molecule has 0 unspecified atom stereocenters. The Bertz CT molecular complexity index is 1060. The Labute approximate surface area is 190 Å². The summed E-state index contributed by atoms with van der Waals surface area (Å²) in [5.74, 6) is -0.208. The number of methoxy groups -OCH3 is 1. The van der Waals surface area contributed by atoms with E-state index >= 15 is 0 Å². The maximum atomic E-state index is 12.5. The highest BCUT2D eigenvalue weighted by Crippen LogP contribution is 2.29. The number of sulfonamides is 1. The summed E-state index contributed by atoms with van der Waals surface area (Å²) in [7, 11) is -1.11. The molecule has 0 fully saturated rings. The van der Waals surface area contributed by atoms with Crippen molar-refractivity contribution in [2.75, 3.05) is 31.3 Å². The van der Waals surface area contributed by atoms with Crippen LogP contribution in [-0.2, 0) is 19.6 Å². The number of carbonyl (C=O) groups is 2. The van der Waals surface area contributed by atoms with Crippen LogP contribution in [0.2, 0.25) is 4.34 Å². The van der Waals surface area contributed by atoms with Gasteiger partial charge in [-0.3, -0.25) is 10.1 Å². The van der Waals surface area contributed by atoms with Crippen LogP contribution in [0, 0.1) is 0 Å². The lowest BCUT2D eigenvalue weighted by Gasteiger charge is -2.20. The molecule has 0 atom stereocenters. The highest BCUT2D eigenvalue weighted by atomic mass is 35.5. The highest BCUT2D eigenvalue weighted by molar-refractivity contribution is 7.91. The van der Waals surface area contributed by atoms with Gasteiger partial charge in [0.05, 0.1) is 23.7 Å². The second-order valence-electron chi connectivity index (χ2n) is 7.41. The van der Waals surface area contributed by atoms with Crippen LogP contribution in [0.25, 0.3) is 0 Å². The molecule has 2 aromatic rings. The van der Waals surface area contributed by atoms with Gasteiger partial charge in [0, 0.05) is 12.7 Å². The Morgan fingerprint density at radius 3 is 2.39 bits per heavy atom. The first-order chi connectivity index (χ1) is 14.3. The number of nitrogens with one attached hydrogen (secondary N) is 2. The summed E-state index contributed by atoms with van der Waals surface area (Å²) in [6.45, 7) is 4.78. The minimum atomic E-state index is -3.84. The SMILES string of the molecule is COc1ccc(NC(=O)CN(C)S(=O)(=O)c2ccc(Cl)s2)cc1NC(=O)OC(C)(C)C. The number of thiophene rings is 1. The standard InChI is InChI=1S/C19H24ClN3O6S2/c1-19(2,3)29-18(25)22-13-10-12(6-7-14(13)28-5)21-16(24)11-23(4)31(26,27)17-9-8-15(20)30-17/h6-10H,11H2,1-5H3,(H,21,24)(H,22,25). The molecular formula is C19H24ClN3O6S2. The molecule has 31 heavy (non-hydrogen) atoms. The number of rotatable bonds is 7. The van der Waals surface area contributed by atoms with E-state index in [9.17, 15) is 18.0 Å². The molecule has 0 bridgehead atoms. The predicted octanol–water partition coefficient (Wildman–Crippen LogP) is 4.02. The number of ether oxygens (including phenoxy) is 2. The summed E-state index contributed by atoms with van der Waals surface area (Å²) >= 11 is 6.71. The van der Waals surface area contributed by atoms with Crippen LogP contribution in [-0.4, -0.2) is 51.0 Å². The molecule has 0 aliphatic heterocycles. The molecule has 0 radical (unpaired) electrons. The second kappa shape index (κ2) is 9.86. The molecule has 0 saturated heterocycles. The van der Waals surface area contributed by atoms with Gasteiger partial charge in [0.25, 0.3) is 10.0 Å². The zero-order valence-electron chi connectivity index (χ0n) is 17.7. The summed E-state index contributed by atoms with van der Waals surface area (Å²) in [6, 6.07) is 7.45. The molecular weight excluding hydrogens is 466 g/mol. The lowest BCUT2D eigenvalue weighted by molar-refractivity contribution is -0.116. The minimum absolute atomic E-state index is 0.0427. The fraction of sp³-hybridized carbons (Fsp3) is 0.368. The molecule has 0 spiro atoms. The molecule has 0 aliphatic carbocycles. The maximum absolute atomic E-state index is 12.5. The van der Waals surface area contributed by atoms with Gasteiger partial charge in [0.15, 0.2) is 0 Å². The Hall–Kier alpha value is -2.34. The van der Waals surface area contributed by atoms with Gasteiger partial charge in [-0.1, -0.05) is 11.6 Å². The third-order valence-electron chi connectivity index (χ3n) is 3.70. The lowest BCUT2D eigenvalue weighted by Crippen LogP contribution is -2.34. The van der Waals surface area contributed by atoms with Crippen LogP contribution in [0.1, 0.15) is 20.8 Å². The number of likely N-dealkylation sites (N-methyl/N-ethyl adjacent to an activating group) is 1. The van der Waals surface area contributed by atoms with Crippen molar-refractivity contribution in [2.24, 2.45) is 0 Å². The molecule has 170 valence electrons. The fourth-order valence-corrected chi connectivity index (χ4v) is 5.20. The zero-order chi connectivity index (χ0) is 23.4. The molecule has 2 rings (SSSR count). The van der Waals surface area contributed by atoms with E-state index in [1.54, 1.807) is 32.9 Å². The normalized spacial score (nSPS) is 11.8. The third kappa shape index (κ3) is 7.10. The van der Waals surface area contributed by atoms with Crippen molar-refractivity contribution in [3.63, 3.8) is 0 Å². The summed E-state index contributed by atoms with van der Waals surface area (Å²) in [6.07, 6.45) is -0.685. The zero-order valence-corrected chi connectivity index (χ0v) is 20.1. The molecule has 1 heterocycles. The fourth-order valence-electron chi connectivity index (χ4n) is 2.37. The smallest absolute Gasteiger partial charge is 0.412 e. The van der Waals surface area contributed by atoms with E-state index in [-0.39, 0.29) is 9.90 Å². The van der Waals surface area contributed by atoms with E-state index in [0.717, 1.165) is 15.6 Å². The Morgan fingerprint density at radius 1 is 1.16 bits per heavy atom. The van der Waals surface area contributed by atoms with Gasteiger partial charge in [-0.2, -0.15) is 4.31 Å². The monoisotopic (exact) mass is 489 g/mol. The Morgan fingerprint density at radius 2 is 1.84 bits per heavy atom. The Balaban J connectivity index is 2.09. The van der Waals surface area contributed by atoms with Gasteiger partial charge in [0.1, 0.15) is 15.6 Å². The van der Waals surface area contributed by atoms with Crippen LogP contribution in [0.5, 0.6) is 5.75 Å². The first-order valence-electron chi connectivity index (χ1n) is 9.01. The number of benzene rings is 1. The lowest BCUT2D eigenvalue weighted by atomic mass is 10.2. The highest BCUT2D eigenvalue weighted by Gasteiger charge is 2.25. The van der Waals surface area contributed by atoms with Crippen molar-refractivity contribution < 1.29 is 27.5 Å². The van der Waals surface area contributed by atoms with Gasteiger partial charge in [-0.05, 0) is 51.1 Å². The molecule has 2 amide bonds. The van der Waals surface area contributed by atoms with Gasteiger partial charge in [-0.25, -0.2) is 13.2 Å². The van der Waals surface area contributed by atoms with E-state index in [1.807, 2.05) is 0 Å². The minimum Gasteiger partial charge on any atom is -0.495 e. The number of amides is 2. The second-order valence-corrected chi connectivity index (χ2v) is 11.4. The Kier molecular flexibility index (Phi) is 7.93. The van der Waals surface area contributed by atoms with Gasteiger partial charge < -0.3 is 14.8 Å².